The molecule has 0 radical (unpaired) electrons. The molecule has 0 atom stereocenters. The van der Waals surface area contributed by atoms with Gasteiger partial charge < -0.3 is 15.1 Å². The molecule has 0 spiro atoms. The number of nitrogens with zero attached hydrogens (tertiary/aromatic N) is 4. The summed E-state index contributed by atoms with van der Waals surface area (Å²) < 4.78 is 0. The van der Waals surface area contributed by atoms with E-state index in [1.165, 1.54) is 0 Å². The lowest BCUT2D eigenvalue weighted by Gasteiger charge is -2.35. The zero-order chi connectivity index (χ0) is 16.8. The van der Waals surface area contributed by atoms with Gasteiger partial charge in [0, 0.05) is 32.4 Å². The minimum atomic E-state index is 0.0448. The lowest BCUT2D eigenvalue weighted by Crippen LogP contribution is -2.50. The quantitative estimate of drug-likeness (QED) is 0.928. The SMILES string of the molecule is N#Cc1ccccc1NCC(=O)N1CCN(c2ccccn2)CC1. The van der Waals surface area contributed by atoms with Crippen LogP contribution in [0.25, 0.3) is 0 Å². The minimum absolute atomic E-state index is 0.0448. The Balaban J connectivity index is 1.51. The van der Waals surface area contributed by atoms with Crippen LogP contribution in [0.1, 0.15) is 5.56 Å². The van der Waals surface area contributed by atoms with Gasteiger partial charge >= 0.3 is 0 Å². The van der Waals surface area contributed by atoms with Gasteiger partial charge in [-0.1, -0.05) is 18.2 Å². The van der Waals surface area contributed by atoms with Crippen LogP contribution < -0.4 is 10.2 Å². The van der Waals surface area contributed by atoms with Crippen molar-refractivity contribution in [2.45, 2.75) is 0 Å². The van der Waals surface area contributed by atoms with E-state index < -0.39 is 0 Å². The minimum Gasteiger partial charge on any atom is -0.375 e. The molecule has 6 nitrogen and oxygen atoms in total. The number of carbonyl (C=O) groups is 1. The lowest BCUT2D eigenvalue weighted by atomic mass is 10.2. The molecule has 1 aromatic heterocycles. The van der Waals surface area contributed by atoms with Gasteiger partial charge in [-0.25, -0.2) is 4.98 Å². The predicted octanol–water partition coefficient (Wildman–Crippen LogP) is 1.71. The monoisotopic (exact) mass is 321 g/mol. The topological polar surface area (TPSA) is 72.3 Å². The van der Waals surface area contributed by atoms with Crippen LogP contribution in [0.4, 0.5) is 11.5 Å². The second kappa shape index (κ2) is 7.47. The second-order valence-electron chi connectivity index (χ2n) is 5.57. The van der Waals surface area contributed by atoms with E-state index in [1.807, 2.05) is 41.3 Å². The Hall–Kier alpha value is -3.07. The number of carbonyl (C=O) groups excluding carboxylic acids is 1. The fourth-order valence-electron chi connectivity index (χ4n) is 2.74. The summed E-state index contributed by atoms with van der Waals surface area (Å²) in [5.74, 6) is 0.995. The van der Waals surface area contributed by atoms with E-state index in [1.54, 1.807) is 12.3 Å². The second-order valence-corrected chi connectivity index (χ2v) is 5.57. The molecule has 1 fully saturated rings. The molecule has 2 aromatic rings. The lowest BCUT2D eigenvalue weighted by molar-refractivity contribution is -0.129. The molecule has 1 aliphatic rings. The summed E-state index contributed by atoms with van der Waals surface area (Å²) in [7, 11) is 0. The normalized spacial score (nSPS) is 14.1. The number of aromatic nitrogens is 1. The van der Waals surface area contributed by atoms with Gasteiger partial charge in [0.15, 0.2) is 0 Å². The summed E-state index contributed by atoms with van der Waals surface area (Å²) in [4.78, 5) is 20.7. The van der Waals surface area contributed by atoms with Crippen LogP contribution in [0.5, 0.6) is 0 Å². The summed E-state index contributed by atoms with van der Waals surface area (Å²) in [6.45, 7) is 3.10. The van der Waals surface area contributed by atoms with E-state index in [9.17, 15) is 4.79 Å². The largest absolute Gasteiger partial charge is 0.375 e. The van der Waals surface area contributed by atoms with E-state index >= 15 is 0 Å². The highest BCUT2D eigenvalue weighted by Crippen LogP contribution is 2.14. The van der Waals surface area contributed by atoms with Gasteiger partial charge in [-0.15, -0.1) is 0 Å². The molecule has 0 unspecified atom stereocenters. The number of para-hydroxylation sites is 1. The van der Waals surface area contributed by atoms with Crippen molar-refractivity contribution in [3.05, 3.63) is 54.2 Å². The Morgan fingerprint density at radius 3 is 2.58 bits per heavy atom. The van der Waals surface area contributed by atoms with Crippen LogP contribution in [0.3, 0.4) is 0 Å². The molecule has 1 saturated heterocycles. The maximum Gasteiger partial charge on any atom is 0.241 e. The van der Waals surface area contributed by atoms with Crippen LogP contribution in [-0.4, -0.2) is 48.5 Å². The molecule has 1 aliphatic heterocycles. The summed E-state index contributed by atoms with van der Waals surface area (Å²) >= 11 is 0. The van der Waals surface area contributed by atoms with E-state index in [2.05, 4.69) is 21.3 Å². The summed E-state index contributed by atoms with van der Waals surface area (Å²) in [5.41, 5.74) is 1.24. The maximum atomic E-state index is 12.4. The van der Waals surface area contributed by atoms with E-state index in [4.69, 9.17) is 5.26 Å². The maximum absolute atomic E-state index is 12.4. The van der Waals surface area contributed by atoms with Crippen molar-refractivity contribution in [3.8, 4) is 6.07 Å². The molecule has 0 bridgehead atoms. The van der Waals surface area contributed by atoms with E-state index in [-0.39, 0.29) is 12.5 Å². The molecule has 122 valence electrons. The van der Waals surface area contributed by atoms with Crippen LogP contribution in [0.15, 0.2) is 48.7 Å². The third-order valence-corrected chi connectivity index (χ3v) is 4.08. The van der Waals surface area contributed by atoms with Crippen molar-refractivity contribution in [2.75, 3.05) is 42.9 Å². The van der Waals surface area contributed by atoms with Crippen LogP contribution >= 0.6 is 0 Å². The van der Waals surface area contributed by atoms with Crippen LogP contribution in [0, 0.1) is 11.3 Å². The Morgan fingerprint density at radius 1 is 1.12 bits per heavy atom. The van der Waals surface area contributed by atoms with E-state index in [0.29, 0.717) is 24.3 Å². The highest BCUT2D eigenvalue weighted by atomic mass is 16.2. The number of benzene rings is 1. The van der Waals surface area contributed by atoms with Crippen molar-refractivity contribution in [1.29, 1.82) is 5.26 Å². The predicted molar refractivity (Wildman–Crippen MR) is 92.7 cm³/mol. The van der Waals surface area contributed by atoms with Crippen molar-refractivity contribution >= 4 is 17.4 Å². The molecular formula is C18H19N5O. The third-order valence-electron chi connectivity index (χ3n) is 4.08. The van der Waals surface area contributed by atoms with Crippen LogP contribution in [0.2, 0.25) is 0 Å². The molecule has 0 aliphatic carbocycles. The molecule has 1 N–H and O–H groups in total. The first-order chi connectivity index (χ1) is 11.8. The fourth-order valence-corrected chi connectivity index (χ4v) is 2.74. The third kappa shape index (κ3) is 3.63. The standard InChI is InChI=1S/C18H19N5O/c19-13-15-5-1-2-6-16(15)21-14-18(24)23-11-9-22(10-12-23)17-7-3-4-8-20-17/h1-8,21H,9-12,14H2. The van der Waals surface area contributed by atoms with Gasteiger partial charge in [-0.3, -0.25) is 4.79 Å². The smallest absolute Gasteiger partial charge is 0.241 e. The summed E-state index contributed by atoms with van der Waals surface area (Å²) in [5, 5.41) is 12.1. The number of hydrogen-bond acceptors (Lipinski definition) is 5. The van der Waals surface area contributed by atoms with E-state index in [0.717, 1.165) is 18.9 Å². The summed E-state index contributed by atoms with van der Waals surface area (Å²) in [6.07, 6.45) is 1.78. The van der Waals surface area contributed by atoms with Gasteiger partial charge in [0.25, 0.3) is 0 Å². The zero-order valence-electron chi connectivity index (χ0n) is 13.4. The van der Waals surface area contributed by atoms with Gasteiger partial charge in [-0.2, -0.15) is 5.26 Å². The number of nitriles is 1. The first-order valence-corrected chi connectivity index (χ1v) is 7.94. The zero-order valence-corrected chi connectivity index (χ0v) is 13.4. The molecule has 1 amide bonds. The number of nitrogens with one attached hydrogen (secondary N) is 1. The van der Waals surface area contributed by atoms with Crippen molar-refractivity contribution in [2.24, 2.45) is 0 Å². The van der Waals surface area contributed by atoms with Crippen molar-refractivity contribution in [3.63, 3.8) is 0 Å². The Morgan fingerprint density at radius 2 is 1.88 bits per heavy atom. The number of amides is 1. The Kier molecular flexibility index (Phi) is 4.92. The summed E-state index contributed by atoms with van der Waals surface area (Å²) in [6, 6.07) is 15.2. The first kappa shape index (κ1) is 15.8. The molecular weight excluding hydrogens is 302 g/mol. The van der Waals surface area contributed by atoms with Crippen molar-refractivity contribution in [1.82, 2.24) is 9.88 Å². The first-order valence-electron chi connectivity index (χ1n) is 7.94. The Labute approximate surface area is 141 Å². The van der Waals surface area contributed by atoms with Gasteiger partial charge in [0.1, 0.15) is 11.9 Å². The molecule has 0 saturated carbocycles. The molecule has 24 heavy (non-hydrogen) atoms. The number of pyridine rings is 1. The molecule has 2 heterocycles. The number of rotatable bonds is 4. The molecule has 6 heteroatoms. The fraction of sp³-hybridized carbons (Fsp3) is 0.278. The average molecular weight is 321 g/mol. The number of anilines is 2. The highest BCUT2D eigenvalue weighted by molar-refractivity contribution is 5.81. The van der Waals surface area contributed by atoms with Gasteiger partial charge in [-0.05, 0) is 24.3 Å². The average Bonchev–Trinajstić information content (AvgIpc) is 2.67. The van der Waals surface area contributed by atoms with Gasteiger partial charge in [0.2, 0.25) is 5.91 Å². The van der Waals surface area contributed by atoms with Gasteiger partial charge in [0.05, 0.1) is 17.8 Å². The molecule has 1 aromatic carbocycles. The number of hydrogen-bond donors (Lipinski definition) is 1. The highest BCUT2D eigenvalue weighted by Gasteiger charge is 2.21. The Bertz CT molecular complexity index is 733. The van der Waals surface area contributed by atoms with Crippen LogP contribution in [-0.2, 0) is 4.79 Å². The molecule has 3 rings (SSSR count). The van der Waals surface area contributed by atoms with Crippen molar-refractivity contribution < 1.29 is 4.79 Å². The number of piperazine rings is 1.